The molecule has 4 rings (SSSR count). The van der Waals surface area contributed by atoms with Gasteiger partial charge < -0.3 is 15.4 Å². The second kappa shape index (κ2) is 11.3. The fourth-order valence-corrected chi connectivity index (χ4v) is 4.58. The highest BCUT2D eigenvalue weighted by molar-refractivity contribution is 8.04. The summed E-state index contributed by atoms with van der Waals surface area (Å²) in [6.07, 6.45) is 0. The Morgan fingerprint density at radius 2 is 1.54 bits per heavy atom. The number of nitrogens with one attached hydrogen (secondary N) is 2. The molecule has 3 amide bonds. The highest BCUT2D eigenvalue weighted by Crippen LogP contribution is 2.36. The van der Waals surface area contributed by atoms with E-state index < -0.39 is 5.82 Å². The average Bonchev–Trinajstić information content (AvgIpc) is 3.09. The molecule has 0 aliphatic carbocycles. The minimum absolute atomic E-state index is 0.114. The molecule has 1 aliphatic rings. The van der Waals surface area contributed by atoms with Crippen LogP contribution in [0.25, 0.3) is 0 Å². The Labute approximate surface area is 218 Å². The zero-order chi connectivity index (χ0) is 26.5. The minimum atomic E-state index is -0.417. The highest BCUT2D eigenvalue weighted by Gasteiger charge is 2.39. The van der Waals surface area contributed by atoms with Crippen LogP contribution in [0, 0.1) is 11.7 Å². The van der Waals surface area contributed by atoms with E-state index in [1.54, 1.807) is 55.6 Å². The van der Waals surface area contributed by atoms with Crippen molar-refractivity contribution in [3.05, 3.63) is 94.8 Å². The normalized spacial score (nSPS) is 13.4. The zero-order valence-electron chi connectivity index (χ0n) is 20.6. The van der Waals surface area contributed by atoms with Gasteiger partial charge >= 0.3 is 0 Å². The van der Waals surface area contributed by atoms with Gasteiger partial charge in [0.15, 0.2) is 0 Å². The Hall–Kier alpha value is -4.11. The topological polar surface area (TPSA) is 87.7 Å². The number of methoxy groups -OCH3 is 1. The lowest BCUT2D eigenvalue weighted by Crippen LogP contribution is -2.35. The molecule has 0 saturated carbocycles. The lowest BCUT2D eigenvalue weighted by molar-refractivity contribution is -0.137. The maximum absolute atomic E-state index is 13.2. The number of anilines is 2. The number of benzene rings is 3. The highest BCUT2D eigenvalue weighted by atomic mass is 32.2. The van der Waals surface area contributed by atoms with Gasteiger partial charge in [0.05, 0.1) is 7.11 Å². The molecule has 1 aliphatic heterocycles. The van der Waals surface area contributed by atoms with Crippen molar-refractivity contribution in [2.45, 2.75) is 18.7 Å². The van der Waals surface area contributed by atoms with Crippen LogP contribution in [0.4, 0.5) is 15.8 Å². The van der Waals surface area contributed by atoms with Crippen molar-refractivity contribution in [3.63, 3.8) is 0 Å². The van der Waals surface area contributed by atoms with Gasteiger partial charge in [-0.3, -0.25) is 19.3 Å². The van der Waals surface area contributed by atoms with Gasteiger partial charge in [-0.25, -0.2) is 4.39 Å². The summed E-state index contributed by atoms with van der Waals surface area (Å²) in [5, 5.41) is 5.87. The molecule has 3 aromatic carbocycles. The molecule has 0 aromatic heterocycles. The molecule has 190 valence electrons. The first kappa shape index (κ1) is 26.0. The molecule has 0 spiro atoms. The fraction of sp³-hybridized carbons (Fsp3) is 0.179. The first-order valence-corrected chi connectivity index (χ1v) is 12.4. The molecule has 9 heteroatoms. The number of nitrogens with zero attached hydrogens (tertiary/aromatic N) is 1. The predicted molar refractivity (Wildman–Crippen MR) is 142 cm³/mol. The second-order valence-electron chi connectivity index (χ2n) is 8.76. The molecule has 37 heavy (non-hydrogen) atoms. The van der Waals surface area contributed by atoms with Crippen molar-refractivity contribution >= 4 is 40.9 Å². The third-order valence-electron chi connectivity index (χ3n) is 5.47. The summed E-state index contributed by atoms with van der Waals surface area (Å²) in [5.41, 5.74) is 1.74. The second-order valence-corrected chi connectivity index (χ2v) is 9.84. The Balaban J connectivity index is 1.54. The van der Waals surface area contributed by atoms with Crippen molar-refractivity contribution in [2.24, 2.45) is 5.92 Å². The number of imide groups is 1. The molecular weight excluding hydrogens is 493 g/mol. The molecule has 0 bridgehead atoms. The summed E-state index contributed by atoms with van der Waals surface area (Å²) < 4.78 is 18.3. The SMILES string of the molecule is COc1ccc(NC2=C(Sc3ccc(NC(=O)c4ccc(F)cc4)cc3)C(=O)N(CC(C)C)C2=O)cc1. The number of rotatable bonds is 9. The summed E-state index contributed by atoms with van der Waals surface area (Å²) in [7, 11) is 1.57. The van der Waals surface area contributed by atoms with Gasteiger partial charge in [0.2, 0.25) is 0 Å². The zero-order valence-corrected chi connectivity index (χ0v) is 21.4. The van der Waals surface area contributed by atoms with Crippen molar-refractivity contribution in [2.75, 3.05) is 24.3 Å². The van der Waals surface area contributed by atoms with Crippen molar-refractivity contribution in [1.82, 2.24) is 4.90 Å². The maximum Gasteiger partial charge on any atom is 0.278 e. The summed E-state index contributed by atoms with van der Waals surface area (Å²) in [5.74, 6) is -0.719. The van der Waals surface area contributed by atoms with E-state index >= 15 is 0 Å². The van der Waals surface area contributed by atoms with Crippen LogP contribution in [0.2, 0.25) is 0 Å². The van der Waals surface area contributed by atoms with E-state index in [4.69, 9.17) is 4.74 Å². The quantitative estimate of drug-likeness (QED) is 0.362. The van der Waals surface area contributed by atoms with Crippen LogP contribution >= 0.6 is 11.8 Å². The first-order chi connectivity index (χ1) is 17.7. The van der Waals surface area contributed by atoms with Crippen molar-refractivity contribution < 1.29 is 23.5 Å². The number of thioether (sulfide) groups is 1. The van der Waals surface area contributed by atoms with E-state index in [9.17, 15) is 18.8 Å². The van der Waals surface area contributed by atoms with E-state index in [1.165, 1.54) is 40.9 Å². The molecule has 0 fully saturated rings. The van der Waals surface area contributed by atoms with Gasteiger partial charge in [0, 0.05) is 28.4 Å². The maximum atomic E-state index is 13.2. The average molecular weight is 520 g/mol. The van der Waals surface area contributed by atoms with E-state index in [2.05, 4.69) is 10.6 Å². The Bertz CT molecular complexity index is 1340. The number of ether oxygens (including phenoxy) is 1. The van der Waals surface area contributed by atoms with Crippen LogP contribution < -0.4 is 15.4 Å². The molecule has 7 nitrogen and oxygen atoms in total. The van der Waals surface area contributed by atoms with Crippen LogP contribution in [0.3, 0.4) is 0 Å². The number of amides is 3. The molecule has 0 unspecified atom stereocenters. The third-order valence-corrected chi connectivity index (χ3v) is 6.56. The molecule has 1 heterocycles. The van der Waals surface area contributed by atoms with Crippen LogP contribution in [0.1, 0.15) is 24.2 Å². The molecule has 2 N–H and O–H groups in total. The number of hydrogen-bond acceptors (Lipinski definition) is 6. The van der Waals surface area contributed by atoms with E-state index in [1.807, 2.05) is 13.8 Å². The first-order valence-electron chi connectivity index (χ1n) is 11.6. The van der Waals surface area contributed by atoms with E-state index in [-0.39, 0.29) is 29.3 Å². The predicted octanol–water partition coefficient (Wildman–Crippen LogP) is 5.53. The number of hydrogen-bond donors (Lipinski definition) is 2. The lowest BCUT2D eigenvalue weighted by atomic mass is 10.2. The van der Waals surface area contributed by atoms with Crippen LogP contribution in [-0.2, 0) is 9.59 Å². The Morgan fingerprint density at radius 1 is 0.919 bits per heavy atom. The van der Waals surface area contributed by atoms with Gasteiger partial charge in [-0.05, 0) is 78.7 Å². The minimum Gasteiger partial charge on any atom is -0.497 e. The van der Waals surface area contributed by atoms with E-state index in [0.29, 0.717) is 34.1 Å². The van der Waals surface area contributed by atoms with Gasteiger partial charge in [-0.2, -0.15) is 0 Å². The van der Waals surface area contributed by atoms with Gasteiger partial charge in [-0.1, -0.05) is 25.6 Å². The van der Waals surface area contributed by atoms with E-state index in [0.717, 1.165) is 4.90 Å². The number of carbonyl (C=O) groups is 3. The number of halogens is 1. The summed E-state index contributed by atoms with van der Waals surface area (Å²) in [4.78, 5) is 41.1. The molecule has 0 atom stereocenters. The Morgan fingerprint density at radius 3 is 2.14 bits per heavy atom. The molecule has 0 saturated heterocycles. The molecule has 3 aromatic rings. The number of carbonyl (C=O) groups excluding carboxylic acids is 3. The molecular formula is C28H26FN3O4S. The van der Waals surface area contributed by atoms with Gasteiger partial charge in [0.25, 0.3) is 17.7 Å². The van der Waals surface area contributed by atoms with Crippen LogP contribution in [0.15, 0.2) is 88.3 Å². The largest absolute Gasteiger partial charge is 0.497 e. The molecule has 0 radical (unpaired) electrons. The van der Waals surface area contributed by atoms with Crippen LogP contribution in [-0.4, -0.2) is 36.3 Å². The summed E-state index contributed by atoms with van der Waals surface area (Å²) >= 11 is 1.18. The van der Waals surface area contributed by atoms with Crippen molar-refractivity contribution in [1.29, 1.82) is 0 Å². The smallest absolute Gasteiger partial charge is 0.278 e. The van der Waals surface area contributed by atoms with Gasteiger partial charge in [0.1, 0.15) is 22.2 Å². The standard InChI is InChI=1S/C28H26FN3O4S/c1-17(2)16-32-27(34)24(30-20-8-12-22(36-3)13-9-20)25(28(32)35)37-23-14-10-21(11-15-23)31-26(33)18-4-6-19(29)7-5-18/h4-15,17,30H,16H2,1-3H3,(H,31,33). The summed E-state index contributed by atoms with van der Waals surface area (Å²) in [6.45, 7) is 4.20. The fourth-order valence-electron chi connectivity index (χ4n) is 3.64. The third kappa shape index (κ3) is 6.18. The van der Waals surface area contributed by atoms with Crippen LogP contribution in [0.5, 0.6) is 5.75 Å². The monoisotopic (exact) mass is 519 g/mol. The van der Waals surface area contributed by atoms with Gasteiger partial charge in [-0.15, -0.1) is 0 Å². The summed E-state index contributed by atoms with van der Waals surface area (Å²) in [6, 6.07) is 19.3. The Kier molecular flexibility index (Phi) is 7.93. The van der Waals surface area contributed by atoms with Crippen molar-refractivity contribution in [3.8, 4) is 5.75 Å². The lowest BCUT2D eigenvalue weighted by Gasteiger charge is -2.17.